The van der Waals surface area contributed by atoms with Crippen LogP contribution in [0, 0.1) is 12.3 Å². The Morgan fingerprint density at radius 3 is 2.21 bits per heavy atom. The topological polar surface area (TPSA) is 26.3 Å². The van der Waals surface area contributed by atoms with Crippen LogP contribution in [0.3, 0.4) is 0 Å². The van der Waals surface area contributed by atoms with Gasteiger partial charge in [0.15, 0.2) is 0 Å². The molecule has 0 N–H and O–H groups in total. The first-order chi connectivity index (χ1) is 14.2. The van der Waals surface area contributed by atoms with Crippen LogP contribution in [0.4, 0.5) is 0 Å². The average Bonchev–Trinajstić information content (AvgIpc) is 2.77. The standard InChI is InChI=1S/C27H35O2/c1-2-3-4-6-11-23-14-18-25(19-15-23)27(28)29-26-20-16-24(17-21-26)13-12-22-9-7-5-8-10-22/h5,14-22H,2-4,6-13H2,1H3. The lowest BCUT2D eigenvalue weighted by molar-refractivity contribution is 0.0734. The SMILES string of the molecule is CCCCCCc1ccc(C(=O)Oc2ccc(CCC3CC[CH]CC3)cc2)cc1. The first-order valence-electron chi connectivity index (χ1n) is 11.5. The molecule has 0 atom stereocenters. The predicted molar refractivity (Wildman–Crippen MR) is 120 cm³/mol. The molecule has 0 saturated heterocycles. The monoisotopic (exact) mass is 391 g/mol. The highest BCUT2D eigenvalue weighted by atomic mass is 16.5. The Balaban J connectivity index is 1.44. The summed E-state index contributed by atoms with van der Waals surface area (Å²) in [5, 5.41) is 0. The molecule has 0 heterocycles. The molecule has 29 heavy (non-hydrogen) atoms. The minimum atomic E-state index is -0.284. The summed E-state index contributed by atoms with van der Waals surface area (Å²) in [4.78, 5) is 12.4. The van der Waals surface area contributed by atoms with Crippen LogP contribution >= 0.6 is 0 Å². The fourth-order valence-electron chi connectivity index (χ4n) is 4.11. The summed E-state index contributed by atoms with van der Waals surface area (Å²) in [6.45, 7) is 2.23. The Morgan fingerprint density at radius 1 is 0.862 bits per heavy atom. The number of esters is 1. The number of hydrogen-bond donors (Lipinski definition) is 0. The first-order valence-corrected chi connectivity index (χ1v) is 11.5. The fraction of sp³-hybridized carbons (Fsp3) is 0.481. The molecule has 1 fully saturated rings. The molecule has 0 unspecified atom stereocenters. The minimum Gasteiger partial charge on any atom is -0.423 e. The summed E-state index contributed by atoms with van der Waals surface area (Å²) in [5.41, 5.74) is 3.23. The van der Waals surface area contributed by atoms with E-state index in [1.807, 2.05) is 24.3 Å². The molecule has 1 saturated carbocycles. The Hall–Kier alpha value is -2.09. The zero-order valence-electron chi connectivity index (χ0n) is 17.9. The van der Waals surface area contributed by atoms with Crippen molar-refractivity contribution in [2.24, 2.45) is 5.92 Å². The third kappa shape index (κ3) is 7.34. The van der Waals surface area contributed by atoms with Gasteiger partial charge in [0.05, 0.1) is 5.56 Å². The maximum atomic E-state index is 12.4. The number of ether oxygens (including phenoxy) is 1. The summed E-state index contributed by atoms with van der Waals surface area (Å²) in [7, 11) is 0. The summed E-state index contributed by atoms with van der Waals surface area (Å²) in [6, 6.07) is 15.9. The second-order valence-electron chi connectivity index (χ2n) is 8.39. The number of carbonyl (C=O) groups is 1. The highest BCUT2D eigenvalue weighted by Gasteiger charge is 2.13. The lowest BCUT2D eigenvalue weighted by Crippen LogP contribution is -2.09. The highest BCUT2D eigenvalue weighted by Crippen LogP contribution is 2.27. The van der Waals surface area contributed by atoms with E-state index >= 15 is 0 Å². The van der Waals surface area contributed by atoms with E-state index in [0.717, 1.165) is 18.8 Å². The van der Waals surface area contributed by atoms with E-state index in [-0.39, 0.29) is 5.97 Å². The van der Waals surface area contributed by atoms with Gasteiger partial charge in [-0.25, -0.2) is 4.79 Å². The first kappa shape index (κ1) is 21.6. The third-order valence-electron chi connectivity index (χ3n) is 6.04. The quantitative estimate of drug-likeness (QED) is 0.240. The van der Waals surface area contributed by atoms with Crippen LogP contribution in [0.25, 0.3) is 0 Å². The molecule has 0 amide bonds. The lowest BCUT2D eigenvalue weighted by Gasteiger charge is -2.21. The molecule has 3 rings (SSSR count). The molecular formula is C27H35O2. The van der Waals surface area contributed by atoms with Gasteiger partial charge in [-0.1, -0.05) is 63.3 Å². The molecule has 155 valence electrons. The second-order valence-corrected chi connectivity index (χ2v) is 8.39. The van der Waals surface area contributed by atoms with Gasteiger partial charge in [0.2, 0.25) is 0 Å². The summed E-state index contributed by atoms with van der Waals surface area (Å²) in [5.74, 6) is 1.20. The molecule has 0 spiro atoms. The van der Waals surface area contributed by atoms with Crippen molar-refractivity contribution in [1.82, 2.24) is 0 Å². The van der Waals surface area contributed by atoms with Crippen molar-refractivity contribution >= 4 is 5.97 Å². The number of benzene rings is 2. The van der Waals surface area contributed by atoms with Crippen molar-refractivity contribution < 1.29 is 9.53 Å². The maximum absolute atomic E-state index is 12.4. The molecule has 2 heteroatoms. The van der Waals surface area contributed by atoms with Gasteiger partial charge >= 0.3 is 5.97 Å². The van der Waals surface area contributed by atoms with Gasteiger partial charge in [-0.15, -0.1) is 0 Å². The van der Waals surface area contributed by atoms with Crippen molar-refractivity contribution in [3.05, 3.63) is 71.6 Å². The molecule has 0 bridgehead atoms. The Labute approximate surface area is 176 Å². The molecule has 1 aliphatic carbocycles. The number of aryl methyl sites for hydroxylation is 2. The number of hydrogen-bond acceptors (Lipinski definition) is 2. The van der Waals surface area contributed by atoms with Gasteiger partial charge in [0.25, 0.3) is 0 Å². The van der Waals surface area contributed by atoms with E-state index in [1.165, 1.54) is 68.9 Å². The van der Waals surface area contributed by atoms with E-state index in [2.05, 4.69) is 37.6 Å². The Morgan fingerprint density at radius 2 is 1.52 bits per heavy atom. The van der Waals surface area contributed by atoms with Crippen LogP contribution in [-0.2, 0) is 12.8 Å². The molecule has 1 aliphatic rings. The fourth-order valence-corrected chi connectivity index (χ4v) is 4.11. The maximum Gasteiger partial charge on any atom is 0.343 e. The van der Waals surface area contributed by atoms with Crippen LogP contribution in [0.15, 0.2) is 48.5 Å². The molecule has 0 aliphatic heterocycles. The summed E-state index contributed by atoms with van der Waals surface area (Å²) in [6.07, 6.45) is 16.1. The van der Waals surface area contributed by atoms with Gasteiger partial charge < -0.3 is 4.74 Å². The minimum absolute atomic E-state index is 0.284. The lowest BCUT2D eigenvalue weighted by atomic mass is 9.85. The van der Waals surface area contributed by atoms with Crippen molar-refractivity contribution in [1.29, 1.82) is 0 Å². The second kappa shape index (κ2) is 11.8. The van der Waals surface area contributed by atoms with E-state index in [1.54, 1.807) is 0 Å². The van der Waals surface area contributed by atoms with Gasteiger partial charge in [-0.05, 0) is 86.3 Å². The van der Waals surface area contributed by atoms with Crippen molar-refractivity contribution in [2.75, 3.05) is 0 Å². The third-order valence-corrected chi connectivity index (χ3v) is 6.04. The molecule has 2 aromatic carbocycles. The zero-order chi connectivity index (χ0) is 20.3. The van der Waals surface area contributed by atoms with Crippen LogP contribution in [0.1, 0.15) is 86.2 Å². The van der Waals surface area contributed by atoms with Crippen molar-refractivity contribution in [3.8, 4) is 5.75 Å². The van der Waals surface area contributed by atoms with E-state index in [4.69, 9.17) is 4.74 Å². The zero-order valence-corrected chi connectivity index (χ0v) is 17.9. The van der Waals surface area contributed by atoms with Gasteiger partial charge in [-0.3, -0.25) is 0 Å². The number of unbranched alkanes of at least 4 members (excludes halogenated alkanes) is 3. The van der Waals surface area contributed by atoms with Gasteiger partial charge in [0, 0.05) is 0 Å². The Bertz CT molecular complexity index is 724. The smallest absolute Gasteiger partial charge is 0.343 e. The van der Waals surface area contributed by atoms with Crippen LogP contribution in [0.5, 0.6) is 5.75 Å². The summed E-state index contributed by atoms with van der Waals surface area (Å²) < 4.78 is 5.56. The normalized spacial score (nSPS) is 14.7. The average molecular weight is 392 g/mol. The molecular weight excluding hydrogens is 356 g/mol. The predicted octanol–water partition coefficient (Wildman–Crippen LogP) is 7.36. The van der Waals surface area contributed by atoms with Gasteiger partial charge in [0.1, 0.15) is 5.75 Å². The van der Waals surface area contributed by atoms with Gasteiger partial charge in [-0.2, -0.15) is 0 Å². The van der Waals surface area contributed by atoms with Crippen LogP contribution in [0.2, 0.25) is 0 Å². The number of rotatable bonds is 10. The van der Waals surface area contributed by atoms with Crippen molar-refractivity contribution in [2.45, 2.75) is 77.6 Å². The molecule has 2 nitrogen and oxygen atoms in total. The highest BCUT2D eigenvalue weighted by molar-refractivity contribution is 5.91. The number of carbonyl (C=O) groups excluding carboxylic acids is 1. The van der Waals surface area contributed by atoms with Crippen molar-refractivity contribution in [3.63, 3.8) is 0 Å². The van der Waals surface area contributed by atoms with Crippen LogP contribution in [-0.4, -0.2) is 5.97 Å². The largest absolute Gasteiger partial charge is 0.423 e. The molecule has 2 aromatic rings. The molecule has 0 aromatic heterocycles. The van der Waals surface area contributed by atoms with E-state index in [9.17, 15) is 4.79 Å². The van der Waals surface area contributed by atoms with E-state index < -0.39 is 0 Å². The molecule has 1 radical (unpaired) electrons. The Kier molecular flexibility index (Phi) is 8.80. The van der Waals surface area contributed by atoms with E-state index in [0.29, 0.717) is 11.3 Å². The summed E-state index contributed by atoms with van der Waals surface area (Å²) >= 11 is 0. The van der Waals surface area contributed by atoms with Crippen LogP contribution < -0.4 is 4.74 Å².